The summed E-state index contributed by atoms with van der Waals surface area (Å²) in [5.74, 6) is -0.852. The molecule has 1 fully saturated rings. The van der Waals surface area contributed by atoms with Gasteiger partial charge in [-0.15, -0.1) is 0 Å². The van der Waals surface area contributed by atoms with Crippen molar-refractivity contribution in [1.82, 2.24) is 20.3 Å². The Morgan fingerprint density at radius 1 is 1.52 bits per heavy atom. The van der Waals surface area contributed by atoms with Gasteiger partial charge in [0, 0.05) is 12.1 Å². The van der Waals surface area contributed by atoms with Crippen molar-refractivity contribution in [2.45, 2.75) is 18.4 Å². The molecular weight excluding hydrogens is 303 g/mol. The van der Waals surface area contributed by atoms with Gasteiger partial charge < -0.3 is 14.7 Å². The SMILES string of the molecule is COc1ccc(C(=O)N2CCC[C@](O)(c3cn[nH]n3)C2)cc1F. The zero-order valence-corrected chi connectivity index (χ0v) is 12.6. The standard InChI is InChI=1S/C15H17FN4O3/c1-23-12-4-3-10(7-11(12)16)14(21)20-6-2-5-15(22,9-20)13-8-17-19-18-13/h3-4,7-8,22H,2,5-6,9H2,1H3,(H,17,18,19)/t15-/m1/s1. The van der Waals surface area contributed by atoms with E-state index in [1.807, 2.05) is 0 Å². The second-order valence-electron chi connectivity index (χ2n) is 5.57. The lowest BCUT2D eigenvalue weighted by Crippen LogP contribution is -2.48. The summed E-state index contributed by atoms with van der Waals surface area (Å²) in [5.41, 5.74) is -0.630. The third kappa shape index (κ3) is 2.89. The molecule has 8 heteroatoms. The smallest absolute Gasteiger partial charge is 0.254 e. The topological polar surface area (TPSA) is 91.3 Å². The van der Waals surface area contributed by atoms with E-state index in [-0.39, 0.29) is 23.8 Å². The summed E-state index contributed by atoms with van der Waals surface area (Å²) in [6.45, 7) is 0.582. The van der Waals surface area contributed by atoms with Crippen molar-refractivity contribution < 1.29 is 19.0 Å². The Hall–Kier alpha value is -2.48. The van der Waals surface area contributed by atoms with Gasteiger partial charge in [-0.05, 0) is 31.0 Å². The molecule has 1 aliphatic rings. The van der Waals surface area contributed by atoms with Crippen LogP contribution in [0.3, 0.4) is 0 Å². The van der Waals surface area contributed by atoms with Crippen LogP contribution < -0.4 is 4.74 Å². The van der Waals surface area contributed by atoms with E-state index in [4.69, 9.17) is 4.74 Å². The lowest BCUT2D eigenvalue weighted by atomic mass is 9.89. The van der Waals surface area contributed by atoms with Crippen LogP contribution >= 0.6 is 0 Å². The maximum Gasteiger partial charge on any atom is 0.254 e. The van der Waals surface area contributed by atoms with E-state index in [2.05, 4.69) is 15.4 Å². The number of aromatic amines is 1. The fraction of sp³-hybridized carbons (Fsp3) is 0.400. The molecule has 1 amide bonds. The van der Waals surface area contributed by atoms with E-state index in [1.165, 1.54) is 30.3 Å². The number of halogens is 1. The summed E-state index contributed by atoms with van der Waals surface area (Å²) < 4.78 is 18.6. The summed E-state index contributed by atoms with van der Waals surface area (Å²) in [4.78, 5) is 14.1. The Bertz CT molecular complexity index is 707. The third-order valence-electron chi connectivity index (χ3n) is 4.05. The van der Waals surface area contributed by atoms with Crippen molar-refractivity contribution in [3.8, 4) is 5.75 Å². The summed E-state index contributed by atoms with van der Waals surface area (Å²) in [6, 6.07) is 4.06. The molecule has 2 N–H and O–H groups in total. The molecule has 23 heavy (non-hydrogen) atoms. The molecule has 1 aromatic heterocycles. The van der Waals surface area contributed by atoms with Crippen LogP contribution in [0.1, 0.15) is 28.9 Å². The number of piperidine rings is 1. The van der Waals surface area contributed by atoms with Crippen LogP contribution in [0.25, 0.3) is 0 Å². The fourth-order valence-corrected chi connectivity index (χ4v) is 2.83. The lowest BCUT2D eigenvalue weighted by molar-refractivity contribution is -0.0320. The first-order valence-electron chi connectivity index (χ1n) is 7.25. The monoisotopic (exact) mass is 320 g/mol. The minimum absolute atomic E-state index is 0.0827. The molecule has 1 aliphatic heterocycles. The van der Waals surface area contributed by atoms with Crippen molar-refractivity contribution in [1.29, 1.82) is 0 Å². The number of likely N-dealkylation sites (tertiary alicyclic amines) is 1. The Morgan fingerprint density at radius 3 is 3.00 bits per heavy atom. The van der Waals surface area contributed by atoms with Gasteiger partial charge in [-0.2, -0.15) is 15.4 Å². The molecule has 3 rings (SSSR count). The number of amides is 1. The number of aliphatic hydroxyl groups is 1. The summed E-state index contributed by atoms with van der Waals surface area (Å²) in [6.07, 6.45) is 2.55. The van der Waals surface area contributed by atoms with Crippen molar-refractivity contribution in [3.63, 3.8) is 0 Å². The summed E-state index contributed by atoms with van der Waals surface area (Å²) in [5, 5.41) is 20.8. The zero-order chi connectivity index (χ0) is 16.4. The number of rotatable bonds is 3. The number of methoxy groups -OCH3 is 1. The van der Waals surface area contributed by atoms with Crippen LogP contribution in [-0.4, -0.2) is 51.5 Å². The normalized spacial score (nSPS) is 21.3. The molecule has 0 spiro atoms. The third-order valence-corrected chi connectivity index (χ3v) is 4.05. The van der Waals surface area contributed by atoms with E-state index in [0.29, 0.717) is 25.1 Å². The van der Waals surface area contributed by atoms with Crippen molar-refractivity contribution in [3.05, 3.63) is 41.5 Å². The van der Waals surface area contributed by atoms with Crippen LogP contribution in [0.4, 0.5) is 4.39 Å². The molecule has 2 heterocycles. The van der Waals surface area contributed by atoms with Gasteiger partial charge in [0.1, 0.15) is 11.3 Å². The molecule has 1 saturated heterocycles. The quantitative estimate of drug-likeness (QED) is 0.883. The highest BCUT2D eigenvalue weighted by atomic mass is 19.1. The van der Waals surface area contributed by atoms with Gasteiger partial charge in [-0.3, -0.25) is 4.79 Å². The van der Waals surface area contributed by atoms with Gasteiger partial charge in [0.15, 0.2) is 11.6 Å². The van der Waals surface area contributed by atoms with Gasteiger partial charge in [0.25, 0.3) is 5.91 Å². The number of carbonyl (C=O) groups excluding carboxylic acids is 1. The molecule has 0 saturated carbocycles. The number of hydrogen-bond acceptors (Lipinski definition) is 5. The number of benzene rings is 1. The van der Waals surface area contributed by atoms with E-state index >= 15 is 0 Å². The molecular formula is C15H17FN4O3. The van der Waals surface area contributed by atoms with E-state index in [0.717, 1.165) is 6.07 Å². The van der Waals surface area contributed by atoms with Crippen LogP contribution in [0.15, 0.2) is 24.4 Å². The first-order valence-corrected chi connectivity index (χ1v) is 7.25. The van der Waals surface area contributed by atoms with E-state index in [9.17, 15) is 14.3 Å². The van der Waals surface area contributed by atoms with Gasteiger partial charge in [0.2, 0.25) is 0 Å². The fourth-order valence-electron chi connectivity index (χ4n) is 2.83. The molecule has 7 nitrogen and oxygen atoms in total. The maximum absolute atomic E-state index is 13.8. The van der Waals surface area contributed by atoms with Gasteiger partial charge in [0.05, 0.1) is 19.9 Å². The minimum atomic E-state index is -1.24. The number of H-pyrrole nitrogens is 1. The van der Waals surface area contributed by atoms with Gasteiger partial charge in [-0.1, -0.05) is 0 Å². The Balaban J connectivity index is 1.81. The maximum atomic E-state index is 13.8. The molecule has 1 aromatic carbocycles. The van der Waals surface area contributed by atoms with Crippen LogP contribution in [0.5, 0.6) is 5.75 Å². The molecule has 1 atom stereocenters. The number of nitrogens with zero attached hydrogens (tertiary/aromatic N) is 3. The minimum Gasteiger partial charge on any atom is -0.494 e. The number of aromatic nitrogens is 3. The molecule has 0 radical (unpaired) electrons. The number of carbonyl (C=O) groups is 1. The van der Waals surface area contributed by atoms with E-state index in [1.54, 1.807) is 0 Å². The summed E-state index contributed by atoms with van der Waals surface area (Å²) >= 11 is 0. The highest BCUT2D eigenvalue weighted by Gasteiger charge is 2.39. The number of ether oxygens (including phenoxy) is 1. The highest BCUT2D eigenvalue weighted by molar-refractivity contribution is 5.94. The number of nitrogens with one attached hydrogen (secondary N) is 1. The first kappa shape index (κ1) is 15.4. The van der Waals surface area contributed by atoms with Crippen molar-refractivity contribution in [2.24, 2.45) is 0 Å². The zero-order valence-electron chi connectivity index (χ0n) is 12.6. The van der Waals surface area contributed by atoms with Crippen LogP contribution in [0, 0.1) is 5.82 Å². The predicted molar refractivity (Wildman–Crippen MR) is 78.4 cm³/mol. The van der Waals surface area contributed by atoms with Crippen molar-refractivity contribution >= 4 is 5.91 Å². The molecule has 0 bridgehead atoms. The molecule has 0 aliphatic carbocycles. The Labute approximate surface area is 132 Å². The van der Waals surface area contributed by atoms with Gasteiger partial charge in [-0.25, -0.2) is 4.39 Å². The Kier molecular flexibility index (Phi) is 3.99. The van der Waals surface area contributed by atoms with Gasteiger partial charge >= 0.3 is 0 Å². The van der Waals surface area contributed by atoms with Crippen LogP contribution in [0.2, 0.25) is 0 Å². The molecule has 122 valence electrons. The second kappa shape index (κ2) is 5.96. The number of β-amino-alcohol motifs (C(OH)–C–C–N with tert-alkyl or cyclic N) is 1. The van der Waals surface area contributed by atoms with E-state index < -0.39 is 11.4 Å². The lowest BCUT2D eigenvalue weighted by Gasteiger charge is -2.38. The summed E-state index contributed by atoms with van der Waals surface area (Å²) in [7, 11) is 1.36. The molecule has 0 unspecified atom stereocenters. The predicted octanol–water partition coefficient (Wildman–Crippen LogP) is 1.08. The number of hydrogen-bond donors (Lipinski definition) is 2. The molecule has 2 aromatic rings. The largest absolute Gasteiger partial charge is 0.494 e. The van der Waals surface area contributed by atoms with Crippen molar-refractivity contribution in [2.75, 3.05) is 20.2 Å². The average Bonchev–Trinajstić information content (AvgIpc) is 3.09. The first-order chi connectivity index (χ1) is 11.0. The Morgan fingerprint density at radius 2 is 2.35 bits per heavy atom. The average molecular weight is 320 g/mol. The second-order valence-corrected chi connectivity index (χ2v) is 5.57. The highest BCUT2D eigenvalue weighted by Crippen LogP contribution is 2.30. The van der Waals surface area contributed by atoms with Crippen LogP contribution in [-0.2, 0) is 5.60 Å².